The van der Waals surface area contributed by atoms with E-state index in [0.29, 0.717) is 11.7 Å². The fourth-order valence-electron chi connectivity index (χ4n) is 5.15. The Labute approximate surface area is 206 Å². The minimum Gasteiger partial charge on any atom is -0.343 e. The van der Waals surface area contributed by atoms with Gasteiger partial charge < -0.3 is 15.5 Å². The largest absolute Gasteiger partial charge is 0.343 e. The molecule has 1 aliphatic carbocycles. The monoisotopic (exact) mass is 482 g/mol. The zero-order valence-corrected chi connectivity index (χ0v) is 20.5. The van der Waals surface area contributed by atoms with Crippen LogP contribution in [0, 0.1) is 5.92 Å². The average Bonchev–Trinajstić information content (AvgIpc) is 3.41. The zero-order valence-electron chi connectivity index (χ0n) is 20.5. The predicted molar refractivity (Wildman–Crippen MR) is 132 cm³/mol. The summed E-state index contributed by atoms with van der Waals surface area (Å²) >= 11 is 0. The number of halogens is 1. The van der Waals surface area contributed by atoms with E-state index in [1.54, 1.807) is 44.4 Å². The van der Waals surface area contributed by atoms with Crippen molar-refractivity contribution in [2.75, 3.05) is 18.7 Å². The lowest BCUT2D eigenvalue weighted by molar-refractivity contribution is -0.139. The van der Waals surface area contributed by atoms with Crippen LogP contribution in [-0.4, -0.2) is 52.4 Å². The topological polar surface area (TPSA) is 90.5 Å². The Morgan fingerprint density at radius 3 is 2.54 bits per heavy atom. The molecule has 0 unspecified atom stereocenters. The van der Waals surface area contributed by atoms with Crippen LogP contribution in [0.25, 0.3) is 0 Å². The van der Waals surface area contributed by atoms with Crippen LogP contribution in [0.1, 0.15) is 63.5 Å². The highest BCUT2D eigenvalue weighted by Crippen LogP contribution is 2.36. The molecule has 2 aromatic heterocycles. The van der Waals surface area contributed by atoms with Gasteiger partial charge >= 0.3 is 0 Å². The number of pyridine rings is 2. The van der Waals surface area contributed by atoms with E-state index in [9.17, 15) is 14.1 Å². The van der Waals surface area contributed by atoms with E-state index in [-0.39, 0.29) is 41.5 Å². The van der Waals surface area contributed by atoms with Crippen molar-refractivity contribution in [1.82, 2.24) is 25.5 Å². The molecule has 2 fully saturated rings. The van der Waals surface area contributed by atoms with Crippen molar-refractivity contribution < 1.29 is 14.1 Å². The fraction of sp³-hybridized carbons (Fsp3) is 0.538. The maximum atomic E-state index is 15.0. The van der Waals surface area contributed by atoms with E-state index in [4.69, 9.17) is 0 Å². The number of carbonyl (C=O) groups is 2. The molecule has 2 aliphatic rings. The number of nitrogens with one attached hydrogen (secondary N) is 2. The quantitative estimate of drug-likeness (QED) is 0.556. The van der Waals surface area contributed by atoms with Crippen molar-refractivity contribution in [3.05, 3.63) is 48.3 Å². The number of hydrogen-bond donors (Lipinski definition) is 2. The molecule has 9 heteroatoms. The van der Waals surface area contributed by atoms with Crippen LogP contribution in [-0.2, 0) is 9.59 Å². The lowest BCUT2D eigenvalue weighted by Gasteiger charge is -2.35. The summed E-state index contributed by atoms with van der Waals surface area (Å²) in [6.45, 7) is 2.40. The molecule has 1 aliphatic heterocycles. The molecule has 3 atom stereocenters. The Balaban J connectivity index is 1.56. The number of carbonyl (C=O) groups excluding carboxylic acids is 2. The molecule has 8 nitrogen and oxygen atoms in total. The van der Waals surface area contributed by atoms with Gasteiger partial charge in [0.1, 0.15) is 6.04 Å². The highest BCUT2D eigenvalue weighted by molar-refractivity contribution is 5.90. The van der Waals surface area contributed by atoms with Crippen molar-refractivity contribution in [1.29, 1.82) is 0 Å². The second-order valence-corrected chi connectivity index (χ2v) is 9.50. The number of hydrogen-bond acceptors (Lipinski definition) is 6. The van der Waals surface area contributed by atoms with Gasteiger partial charge in [0.15, 0.2) is 11.6 Å². The fourth-order valence-corrected chi connectivity index (χ4v) is 5.15. The molecule has 4 rings (SSSR count). The molecule has 35 heavy (non-hydrogen) atoms. The number of amides is 2. The van der Waals surface area contributed by atoms with Crippen LogP contribution >= 0.6 is 0 Å². The first-order valence-corrected chi connectivity index (χ1v) is 12.6. The van der Waals surface area contributed by atoms with Gasteiger partial charge in [-0.25, -0.2) is 9.97 Å². The molecular weight excluding hydrogens is 447 g/mol. The number of anilines is 2. The van der Waals surface area contributed by atoms with Crippen molar-refractivity contribution in [3.63, 3.8) is 0 Å². The standard InChI is InChI=1S/C26H35FN6O2/c1-18(28-2)25(34)31-24(19-9-4-3-5-10-19)26(35)32-16-8-11-21(32)20-13-15-30-23(17-20)33(27)22-12-6-7-14-29-22/h6-7,12-15,17-19,21,24,28H,3-5,8-11,16H2,1-2H3,(H,31,34)/t18-,21-,24-/m0/s1. The smallest absolute Gasteiger partial charge is 0.245 e. The molecule has 2 N–H and O–H groups in total. The van der Waals surface area contributed by atoms with Crippen LogP contribution in [0.4, 0.5) is 16.1 Å². The van der Waals surface area contributed by atoms with Crippen molar-refractivity contribution >= 4 is 23.5 Å². The summed E-state index contributed by atoms with van der Waals surface area (Å²) in [5, 5.41) is 6.47. The molecule has 1 saturated carbocycles. The van der Waals surface area contributed by atoms with E-state index >= 15 is 0 Å². The van der Waals surface area contributed by atoms with E-state index in [0.717, 1.165) is 44.1 Å². The molecule has 2 amide bonds. The number of likely N-dealkylation sites (N-methyl/N-ethyl adjacent to an activating group) is 1. The molecule has 188 valence electrons. The van der Waals surface area contributed by atoms with E-state index in [1.165, 1.54) is 12.6 Å². The Morgan fingerprint density at radius 2 is 1.83 bits per heavy atom. The van der Waals surface area contributed by atoms with Gasteiger partial charge in [-0.2, -0.15) is 0 Å². The van der Waals surface area contributed by atoms with Gasteiger partial charge in [0.05, 0.1) is 12.1 Å². The summed E-state index contributed by atoms with van der Waals surface area (Å²) in [6, 6.07) is 7.41. The SMILES string of the molecule is CN[C@@H](C)C(=O)N[C@H](C(=O)N1CCC[C@H]1c1ccnc(N(F)c2ccccn2)c1)C1CCCCC1. The van der Waals surface area contributed by atoms with E-state index in [1.807, 2.05) is 11.0 Å². The van der Waals surface area contributed by atoms with Gasteiger partial charge in [0, 0.05) is 18.9 Å². The number of aromatic nitrogens is 2. The van der Waals surface area contributed by atoms with Crippen molar-refractivity contribution in [2.24, 2.45) is 5.92 Å². The van der Waals surface area contributed by atoms with E-state index < -0.39 is 6.04 Å². The highest BCUT2D eigenvalue weighted by Gasteiger charge is 2.39. The second-order valence-electron chi connectivity index (χ2n) is 9.50. The summed E-state index contributed by atoms with van der Waals surface area (Å²) < 4.78 is 15.0. The van der Waals surface area contributed by atoms with Crippen LogP contribution < -0.4 is 15.8 Å². The number of likely N-dealkylation sites (tertiary alicyclic amines) is 1. The maximum Gasteiger partial charge on any atom is 0.245 e. The van der Waals surface area contributed by atoms with Gasteiger partial charge in [0.2, 0.25) is 11.8 Å². The van der Waals surface area contributed by atoms with Crippen LogP contribution in [0.15, 0.2) is 42.7 Å². The minimum atomic E-state index is -0.549. The Bertz CT molecular complexity index is 1000. The Kier molecular flexibility index (Phi) is 8.28. The first-order chi connectivity index (χ1) is 17.0. The Hall–Kier alpha value is -3.07. The summed E-state index contributed by atoms with van der Waals surface area (Å²) in [6.07, 6.45) is 9.90. The van der Waals surface area contributed by atoms with Gasteiger partial charge in [-0.05, 0) is 75.4 Å². The lowest BCUT2D eigenvalue weighted by Crippen LogP contribution is -2.55. The van der Waals surface area contributed by atoms with Gasteiger partial charge in [-0.1, -0.05) is 29.8 Å². The average molecular weight is 483 g/mol. The maximum absolute atomic E-state index is 15.0. The van der Waals surface area contributed by atoms with Crippen LogP contribution in [0.3, 0.4) is 0 Å². The third kappa shape index (κ3) is 5.78. The normalized spacial score (nSPS) is 20.3. The highest BCUT2D eigenvalue weighted by atomic mass is 19.2. The molecule has 0 radical (unpaired) electrons. The van der Waals surface area contributed by atoms with Gasteiger partial charge in [-0.3, -0.25) is 9.59 Å². The first-order valence-electron chi connectivity index (χ1n) is 12.6. The molecule has 1 saturated heterocycles. The molecular formula is C26H35FN6O2. The van der Waals surface area contributed by atoms with Gasteiger partial charge in [0.25, 0.3) is 0 Å². The third-order valence-electron chi connectivity index (χ3n) is 7.25. The summed E-state index contributed by atoms with van der Waals surface area (Å²) in [4.78, 5) is 36.7. The second kappa shape index (κ2) is 11.6. The predicted octanol–water partition coefficient (Wildman–Crippen LogP) is 3.84. The number of rotatable bonds is 8. The minimum absolute atomic E-state index is 0.0451. The van der Waals surface area contributed by atoms with Crippen LogP contribution in [0.5, 0.6) is 0 Å². The third-order valence-corrected chi connectivity index (χ3v) is 7.25. The Morgan fingerprint density at radius 1 is 1.06 bits per heavy atom. The molecule has 3 heterocycles. The summed E-state index contributed by atoms with van der Waals surface area (Å²) in [7, 11) is 1.73. The number of nitrogens with zero attached hydrogens (tertiary/aromatic N) is 4. The summed E-state index contributed by atoms with van der Waals surface area (Å²) in [5.74, 6) is 0.192. The first kappa shape index (κ1) is 25.0. The molecule has 0 aromatic carbocycles. The van der Waals surface area contributed by atoms with E-state index in [2.05, 4.69) is 20.6 Å². The van der Waals surface area contributed by atoms with Crippen LogP contribution in [0.2, 0.25) is 0 Å². The van der Waals surface area contributed by atoms with Crippen molar-refractivity contribution in [2.45, 2.75) is 70.0 Å². The molecule has 0 bridgehead atoms. The zero-order chi connectivity index (χ0) is 24.8. The molecule has 2 aromatic rings. The van der Waals surface area contributed by atoms with Crippen molar-refractivity contribution in [3.8, 4) is 0 Å². The lowest BCUT2D eigenvalue weighted by atomic mass is 9.83. The summed E-state index contributed by atoms with van der Waals surface area (Å²) in [5.41, 5.74) is 0.830. The van der Waals surface area contributed by atoms with Gasteiger partial charge in [-0.15, -0.1) is 5.12 Å². The molecule has 0 spiro atoms.